The first kappa shape index (κ1) is 14.3. The highest BCUT2D eigenvalue weighted by Gasteiger charge is 2.41. The second kappa shape index (κ2) is 6.43. The maximum atomic E-state index is 12.1. The molecule has 0 aromatic heterocycles. The van der Waals surface area contributed by atoms with Crippen LogP contribution in [-0.4, -0.2) is 61.1 Å². The summed E-state index contributed by atoms with van der Waals surface area (Å²) in [4.78, 5) is 15.0. The number of nitrogens with two attached hydrogens (primary N) is 1. The summed E-state index contributed by atoms with van der Waals surface area (Å²) >= 11 is 1.60. The first-order chi connectivity index (χ1) is 10.3. The predicted octanol–water partition coefficient (Wildman–Crippen LogP) is -2.02. The Balaban J connectivity index is 1.71. The fourth-order valence-corrected chi connectivity index (χ4v) is 3.76. The number of fused-ring (bicyclic) bond motifs is 1. The number of carbonyl (C=O) groups is 1. The van der Waals surface area contributed by atoms with Crippen LogP contribution >= 0.6 is 11.8 Å². The molecule has 2 unspecified atom stereocenters. The molecule has 8 heteroatoms. The molecule has 21 heavy (non-hydrogen) atoms. The molecule has 3 aliphatic rings. The van der Waals surface area contributed by atoms with E-state index >= 15 is 0 Å². The number of hydrogen-bond donors (Lipinski definition) is 4. The van der Waals surface area contributed by atoms with Crippen molar-refractivity contribution in [1.29, 1.82) is 0 Å². The smallest absolute Gasteiger partial charge is 0.293 e. The summed E-state index contributed by atoms with van der Waals surface area (Å²) in [6.45, 7) is 2.86. The van der Waals surface area contributed by atoms with Gasteiger partial charge in [0.15, 0.2) is 6.17 Å². The van der Waals surface area contributed by atoms with Crippen LogP contribution in [0.25, 0.3) is 0 Å². The average molecular weight is 309 g/mol. The van der Waals surface area contributed by atoms with E-state index in [1.807, 2.05) is 6.20 Å². The van der Waals surface area contributed by atoms with Gasteiger partial charge in [0.2, 0.25) is 0 Å². The van der Waals surface area contributed by atoms with Crippen LogP contribution in [0.3, 0.4) is 0 Å². The lowest BCUT2D eigenvalue weighted by atomic mass is 10.0. The number of rotatable bonds is 4. The lowest BCUT2D eigenvalue weighted by Gasteiger charge is -2.34. The second-order valence-electron chi connectivity index (χ2n) is 5.20. The van der Waals surface area contributed by atoms with Crippen molar-refractivity contribution >= 4 is 29.8 Å². The largest absolute Gasteiger partial charge is 0.350 e. The Bertz CT molecular complexity index is 513. The summed E-state index contributed by atoms with van der Waals surface area (Å²) in [5.74, 6) is 2.29. The van der Waals surface area contributed by atoms with Gasteiger partial charge in [-0.15, -0.1) is 11.8 Å². The second-order valence-corrected chi connectivity index (χ2v) is 6.34. The van der Waals surface area contributed by atoms with Crippen LogP contribution in [0.4, 0.5) is 0 Å². The van der Waals surface area contributed by atoms with E-state index in [4.69, 9.17) is 5.73 Å². The van der Waals surface area contributed by atoms with Gasteiger partial charge in [0.05, 0.1) is 11.4 Å². The molecule has 0 aromatic carbocycles. The molecule has 0 bridgehead atoms. The van der Waals surface area contributed by atoms with E-state index in [0.717, 1.165) is 36.0 Å². The van der Waals surface area contributed by atoms with Gasteiger partial charge in [-0.3, -0.25) is 15.4 Å². The van der Waals surface area contributed by atoms with Crippen LogP contribution in [0.5, 0.6) is 0 Å². The van der Waals surface area contributed by atoms with Gasteiger partial charge in [-0.25, -0.2) is 4.67 Å². The van der Waals surface area contributed by atoms with Crippen molar-refractivity contribution in [2.45, 2.75) is 12.6 Å². The minimum absolute atomic E-state index is 0.0339. The van der Waals surface area contributed by atoms with Gasteiger partial charge in [-0.05, 0) is 6.42 Å². The minimum Gasteiger partial charge on any atom is -0.350 e. The van der Waals surface area contributed by atoms with Crippen molar-refractivity contribution in [2.75, 3.05) is 31.9 Å². The average Bonchev–Trinajstić information content (AvgIpc) is 3.01. The zero-order chi connectivity index (χ0) is 14.7. The normalized spacial score (nSPS) is 27.2. The van der Waals surface area contributed by atoms with E-state index in [0.29, 0.717) is 19.0 Å². The van der Waals surface area contributed by atoms with Crippen LogP contribution in [0.15, 0.2) is 11.1 Å². The predicted molar refractivity (Wildman–Crippen MR) is 85.5 cm³/mol. The van der Waals surface area contributed by atoms with Crippen molar-refractivity contribution in [1.82, 2.24) is 25.5 Å². The third-order valence-corrected chi connectivity index (χ3v) is 4.83. The number of amides is 1. The number of nitrogens with one attached hydrogen (secondary N) is 3. The first-order valence-corrected chi connectivity index (χ1v) is 8.26. The third-order valence-electron chi connectivity index (χ3n) is 3.84. The topological polar surface area (TPSA) is 96.5 Å². The lowest BCUT2D eigenvalue weighted by molar-refractivity contribution is -0.116. The SMILES string of the molecule is NCCNC(=O)C1=CN(C2NC=[N+]=C3NCCC32)CCS1. The molecule has 0 aliphatic carbocycles. The summed E-state index contributed by atoms with van der Waals surface area (Å²) in [5.41, 5.74) is 5.42. The molecule has 2 atom stereocenters. The van der Waals surface area contributed by atoms with Gasteiger partial charge in [0.25, 0.3) is 18.1 Å². The van der Waals surface area contributed by atoms with Crippen LogP contribution < -0.4 is 26.4 Å². The van der Waals surface area contributed by atoms with Gasteiger partial charge in [-0.2, -0.15) is 0 Å². The molecular weight excluding hydrogens is 288 g/mol. The van der Waals surface area contributed by atoms with E-state index in [1.165, 1.54) is 0 Å². The molecule has 7 nitrogen and oxygen atoms in total. The Kier molecular flexibility index (Phi) is 4.38. The Hall–Kier alpha value is -1.63. The van der Waals surface area contributed by atoms with Crippen molar-refractivity contribution in [2.24, 2.45) is 11.7 Å². The number of carbonyl (C=O) groups excluding carboxylic acids is 1. The highest BCUT2D eigenvalue weighted by molar-refractivity contribution is 8.04. The fourth-order valence-electron chi connectivity index (χ4n) is 2.83. The van der Waals surface area contributed by atoms with Crippen molar-refractivity contribution in [3.05, 3.63) is 11.1 Å². The van der Waals surface area contributed by atoms with Crippen LogP contribution in [0, 0.1) is 5.92 Å². The molecule has 1 fully saturated rings. The monoisotopic (exact) mass is 309 g/mol. The Morgan fingerprint density at radius 3 is 3.38 bits per heavy atom. The quantitative estimate of drug-likeness (QED) is 0.448. The number of hydrogen-bond acceptors (Lipinski definition) is 6. The van der Waals surface area contributed by atoms with E-state index in [1.54, 1.807) is 18.1 Å². The molecule has 0 spiro atoms. The maximum Gasteiger partial charge on any atom is 0.293 e. The molecule has 1 amide bonds. The molecular formula is C13H21N6OS+. The summed E-state index contributed by atoms with van der Waals surface area (Å²) in [5, 5.41) is 9.48. The maximum absolute atomic E-state index is 12.1. The third kappa shape index (κ3) is 3.02. The molecule has 0 saturated carbocycles. The van der Waals surface area contributed by atoms with E-state index < -0.39 is 0 Å². The van der Waals surface area contributed by atoms with Crippen molar-refractivity contribution < 1.29 is 4.79 Å². The first-order valence-electron chi connectivity index (χ1n) is 7.27. The van der Waals surface area contributed by atoms with Crippen molar-refractivity contribution in [3.63, 3.8) is 0 Å². The van der Waals surface area contributed by atoms with Crippen molar-refractivity contribution in [3.8, 4) is 0 Å². The Labute approximate surface area is 128 Å². The molecule has 1 saturated heterocycles. The van der Waals surface area contributed by atoms with Gasteiger partial charge in [0.1, 0.15) is 5.92 Å². The fraction of sp³-hybridized carbons (Fsp3) is 0.615. The molecule has 0 radical (unpaired) electrons. The van der Waals surface area contributed by atoms with Crippen LogP contribution in [0.1, 0.15) is 6.42 Å². The van der Waals surface area contributed by atoms with E-state index in [-0.39, 0.29) is 12.1 Å². The molecule has 0 aromatic rings. The number of amidine groups is 1. The summed E-state index contributed by atoms with van der Waals surface area (Å²) in [6, 6.07) is 0. The van der Waals surface area contributed by atoms with Gasteiger partial charge in [0, 0.05) is 31.6 Å². The zero-order valence-electron chi connectivity index (χ0n) is 11.8. The highest BCUT2D eigenvalue weighted by Crippen LogP contribution is 2.26. The Morgan fingerprint density at radius 1 is 1.62 bits per heavy atom. The lowest BCUT2D eigenvalue weighted by Crippen LogP contribution is -2.54. The van der Waals surface area contributed by atoms with Gasteiger partial charge < -0.3 is 16.0 Å². The summed E-state index contributed by atoms with van der Waals surface area (Å²) in [7, 11) is 0. The standard InChI is InChI=1S/C13H20N6OS/c14-2-4-16-13(20)10-7-19(5-6-21-10)12-9-1-3-15-11(9)17-8-18-12/h7-9,12H,1-6,14H2,(H2,15,16,17,18,20)/p+1. The molecule has 3 rings (SSSR count). The number of nitrogens with zero attached hydrogens (tertiary/aromatic N) is 2. The molecule has 5 N–H and O–H groups in total. The molecule has 114 valence electrons. The molecule has 3 aliphatic heterocycles. The van der Waals surface area contributed by atoms with Gasteiger partial charge >= 0.3 is 0 Å². The zero-order valence-corrected chi connectivity index (χ0v) is 12.7. The Morgan fingerprint density at radius 2 is 2.52 bits per heavy atom. The minimum atomic E-state index is -0.0339. The summed E-state index contributed by atoms with van der Waals surface area (Å²) < 4.78 is 4.35. The van der Waals surface area contributed by atoms with E-state index in [9.17, 15) is 4.79 Å². The summed E-state index contributed by atoms with van der Waals surface area (Å²) in [6.07, 6.45) is 4.95. The van der Waals surface area contributed by atoms with Gasteiger partial charge in [-0.1, -0.05) is 0 Å². The van der Waals surface area contributed by atoms with Crippen LogP contribution in [-0.2, 0) is 4.79 Å². The number of thioether (sulfide) groups is 1. The molecule has 3 heterocycles. The van der Waals surface area contributed by atoms with E-state index in [2.05, 4.69) is 25.5 Å². The van der Waals surface area contributed by atoms with Crippen LogP contribution in [0.2, 0.25) is 0 Å². The highest BCUT2D eigenvalue weighted by atomic mass is 32.2.